The van der Waals surface area contributed by atoms with Crippen molar-refractivity contribution in [1.29, 1.82) is 0 Å². The highest BCUT2D eigenvalue weighted by molar-refractivity contribution is 5.87. The molecule has 0 saturated carbocycles. The van der Waals surface area contributed by atoms with Gasteiger partial charge in [0.05, 0.1) is 11.2 Å². The fourth-order valence-electron chi connectivity index (χ4n) is 4.33. The molecule has 4 aromatic rings. The standard InChI is InChI=1S/C25H24FN3O2.ClH/c1-28-23-3-2-11-27-15-22(23)21-9-8-19(13-24(21)28)29-12-10-20(14-25(29)30)31-16-17-4-6-18(26)7-5-17;/h4-10,12-14,27H,2-3,11,15-16H2,1H3;1H. The number of ether oxygens (including phenoxy) is 1. The maximum Gasteiger partial charge on any atom is 0.258 e. The molecule has 0 aliphatic carbocycles. The van der Waals surface area contributed by atoms with Gasteiger partial charge in [-0.05, 0) is 60.8 Å². The van der Waals surface area contributed by atoms with Crippen molar-refractivity contribution in [2.45, 2.75) is 26.0 Å². The monoisotopic (exact) mass is 453 g/mol. The van der Waals surface area contributed by atoms with Crippen molar-refractivity contribution >= 4 is 23.3 Å². The summed E-state index contributed by atoms with van der Waals surface area (Å²) in [5.41, 5.74) is 5.37. The molecule has 166 valence electrons. The Morgan fingerprint density at radius 3 is 2.69 bits per heavy atom. The largest absolute Gasteiger partial charge is 0.489 e. The minimum absolute atomic E-state index is 0. The normalized spacial score (nSPS) is 13.3. The molecule has 2 aromatic heterocycles. The second-order valence-corrected chi connectivity index (χ2v) is 7.95. The Morgan fingerprint density at radius 1 is 1.09 bits per heavy atom. The molecule has 3 heterocycles. The van der Waals surface area contributed by atoms with Gasteiger partial charge in [-0.3, -0.25) is 9.36 Å². The molecule has 0 fully saturated rings. The molecular weight excluding hydrogens is 429 g/mol. The molecule has 2 aromatic carbocycles. The number of rotatable bonds is 4. The zero-order valence-electron chi connectivity index (χ0n) is 17.8. The van der Waals surface area contributed by atoms with Crippen molar-refractivity contribution in [3.8, 4) is 11.4 Å². The third-order valence-corrected chi connectivity index (χ3v) is 5.98. The summed E-state index contributed by atoms with van der Waals surface area (Å²) in [6.45, 7) is 2.20. The van der Waals surface area contributed by atoms with Gasteiger partial charge in [0.15, 0.2) is 0 Å². The summed E-state index contributed by atoms with van der Waals surface area (Å²) >= 11 is 0. The number of halogens is 2. The Labute approximate surface area is 191 Å². The highest BCUT2D eigenvalue weighted by Gasteiger charge is 2.17. The minimum Gasteiger partial charge on any atom is -0.489 e. The van der Waals surface area contributed by atoms with E-state index in [1.165, 1.54) is 34.8 Å². The molecule has 0 radical (unpaired) electrons. The second-order valence-electron chi connectivity index (χ2n) is 7.95. The number of nitrogens with zero attached hydrogens (tertiary/aromatic N) is 2. The summed E-state index contributed by atoms with van der Waals surface area (Å²) in [5.74, 6) is 0.206. The number of nitrogens with one attached hydrogen (secondary N) is 1. The number of hydrogen-bond donors (Lipinski definition) is 1. The van der Waals surface area contributed by atoms with Crippen molar-refractivity contribution in [1.82, 2.24) is 14.5 Å². The van der Waals surface area contributed by atoms with Crippen LogP contribution in [0.2, 0.25) is 0 Å². The lowest BCUT2D eigenvalue weighted by Crippen LogP contribution is -2.16. The molecule has 5 rings (SSSR count). The van der Waals surface area contributed by atoms with Gasteiger partial charge < -0.3 is 14.6 Å². The van der Waals surface area contributed by atoms with Crippen LogP contribution in [0.4, 0.5) is 4.39 Å². The maximum absolute atomic E-state index is 13.0. The number of pyridine rings is 1. The molecule has 0 bridgehead atoms. The SMILES string of the molecule is Cl.Cn1c2c(c3ccc(-n4ccc(OCc5ccc(F)cc5)cc4=O)cc31)CNCCC2. The number of aromatic nitrogens is 2. The van der Waals surface area contributed by atoms with Gasteiger partial charge in [0.1, 0.15) is 18.2 Å². The predicted octanol–water partition coefficient (Wildman–Crippen LogP) is 4.50. The minimum atomic E-state index is -0.283. The third-order valence-electron chi connectivity index (χ3n) is 5.98. The average molecular weight is 454 g/mol. The Bertz CT molecular complexity index is 1310. The number of fused-ring (bicyclic) bond motifs is 3. The first-order valence-electron chi connectivity index (χ1n) is 10.5. The van der Waals surface area contributed by atoms with Crippen LogP contribution in [0.5, 0.6) is 5.75 Å². The van der Waals surface area contributed by atoms with E-state index < -0.39 is 0 Å². The first-order chi connectivity index (χ1) is 15.1. The Morgan fingerprint density at radius 2 is 1.91 bits per heavy atom. The van der Waals surface area contributed by atoms with Crippen LogP contribution in [0, 0.1) is 5.82 Å². The molecule has 0 saturated heterocycles. The highest BCUT2D eigenvalue weighted by Crippen LogP contribution is 2.29. The third kappa shape index (κ3) is 4.16. The molecule has 1 aliphatic heterocycles. The van der Waals surface area contributed by atoms with E-state index in [-0.39, 0.29) is 30.4 Å². The Hall–Kier alpha value is -3.09. The van der Waals surface area contributed by atoms with E-state index in [4.69, 9.17) is 4.74 Å². The van der Waals surface area contributed by atoms with Crippen LogP contribution in [0.3, 0.4) is 0 Å². The molecule has 0 spiro atoms. The zero-order valence-corrected chi connectivity index (χ0v) is 18.6. The molecule has 0 amide bonds. The maximum atomic E-state index is 13.0. The molecular formula is C25H25ClFN3O2. The number of aryl methyl sites for hydroxylation is 1. The molecule has 0 unspecified atom stereocenters. The molecule has 7 heteroatoms. The van der Waals surface area contributed by atoms with Gasteiger partial charge >= 0.3 is 0 Å². The first-order valence-corrected chi connectivity index (χ1v) is 10.5. The topological polar surface area (TPSA) is 48.2 Å². The summed E-state index contributed by atoms with van der Waals surface area (Å²) in [7, 11) is 2.10. The fourth-order valence-corrected chi connectivity index (χ4v) is 4.33. The number of benzene rings is 2. The quantitative estimate of drug-likeness (QED) is 0.494. The summed E-state index contributed by atoms with van der Waals surface area (Å²) < 4.78 is 22.6. The van der Waals surface area contributed by atoms with Gasteiger partial charge in [0, 0.05) is 36.9 Å². The van der Waals surface area contributed by atoms with Crippen LogP contribution in [0.15, 0.2) is 65.6 Å². The zero-order chi connectivity index (χ0) is 21.4. The van der Waals surface area contributed by atoms with Gasteiger partial charge in [0.2, 0.25) is 0 Å². The van der Waals surface area contributed by atoms with E-state index in [1.54, 1.807) is 29.0 Å². The van der Waals surface area contributed by atoms with E-state index in [2.05, 4.69) is 29.1 Å². The van der Waals surface area contributed by atoms with Crippen LogP contribution < -0.4 is 15.6 Å². The molecule has 32 heavy (non-hydrogen) atoms. The van der Waals surface area contributed by atoms with Crippen LogP contribution in [-0.2, 0) is 26.6 Å². The van der Waals surface area contributed by atoms with Gasteiger partial charge in [-0.15, -0.1) is 12.4 Å². The van der Waals surface area contributed by atoms with Crippen molar-refractivity contribution in [3.05, 3.63) is 93.8 Å². The van der Waals surface area contributed by atoms with Crippen molar-refractivity contribution < 1.29 is 9.13 Å². The van der Waals surface area contributed by atoms with Crippen molar-refractivity contribution in [2.24, 2.45) is 7.05 Å². The van der Waals surface area contributed by atoms with Crippen LogP contribution in [-0.4, -0.2) is 15.7 Å². The molecule has 1 aliphatic rings. The van der Waals surface area contributed by atoms with Crippen LogP contribution in [0.1, 0.15) is 23.2 Å². The predicted molar refractivity (Wildman–Crippen MR) is 127 cm³/mol. The smallest absolute Gasteiger partial charge is 0.258 e. The second kappa shape index (κ2) is 9.18. The van der Waals surface area contributed by atoms with Gasteiger partial charge in [-0.25, -0.2) is 4.39 Å². The lowest BCUT2D eigenvalue weighted by atomic mass is 10.1. The Balaban J connectivity index is 0.00000245. The van der Waals surface area contributed by atoms with E-state index in [0.29, 0.717) is 5.75 Å². The Kier molecular flexibility index (Phi) is 6.35. The van der Waals surface area contributed by atoms with Gasteiger partial charge in [-0.2, -0.15) is 0 Å². The number of hydrogen-bond acceptors (Lipinski definition) is 3. The summed E-state index contributed by atoms with van der Waals surface area (Å²) in [6.07, 6.45) is 3.92. The van der Waals surface area contributed by atoms with Crippen molar-refractivity contribution in [2.75, 3.05) is 6.54 Å². The van der Waals surface area contributed by atoms with E-state index in [1.807, 2.05) is 6.07 Å². The summed E-state index contributed by atoms with van der Waals surface area (Å²) in [4.78, 5) is 12.8. The average Bonchev–Trinajstić information content (AvgIpc) is 2.93. The lowest BCUT2D eigenvalue weighted by Gasteiger charge is -2.10. The van der Waals surface area contributed by atoms with E-state index >= 15 is 0 Å². The van der Waals surface area contributed by atoms with Crippen LogP contribution in [0.25, 0.3) is 16.6 Å². The van der Waals surface area contributed by atoms with E-state index in [0.717, 1.165) is 42.7 Å². The van der Waals surface area contributed by atoms with Gasteiger partial charge in [0.25, 0.3) is 5.56 Å². The summed E-state index contributed by atoms with van der Waals surface area (Å²) in [5, 5.41) is 4.73. The fraction of sp³-hybridized carbons (Fsp3) is 0.240. The van der Waals surface area contributed by atoms with Crippen molar-refractivity contribution in [3.63, 3.8) is 0 Å². The van der Waals surface area contributed by atoms with Gasteiger partial charge in [-0.1, -0.05) is 18.2 Å². The molecule has 0 atom stereocenters. The lowest BCUT2D eigenvalue weighted by molar-refractivity contribution is 0.305. The molecule has 5 nitrogen and oxygen atoms in total. The highest BCUT2D eigenvalue weighted by atomic mass is 35.5. The summed E-state index contributed by atoms with van der Waals surface area (Å²) in [6, 6.07) is 15.6. The van der Waals surface area contributed by atoms with Crippen LogP contribution >= 0.6 is 12.4 Å². The van der Waals surface area contributed by atoms with E-state index in [9.17, 15) is 9.18 Å². The molecule has 1 N–H and O–H groups in total. The first kappa shape index (κ1) is 22.1.